The quantitative estimate of drug-likeness (QED) is 0.669. The monoisotopic (exact) mass is 243 g/mol. The number of nitrogens with one attached hydrogen (secondary N) is 1. The first kappa shape index (κ1) is 13.9. The fourth-order valence-corrected chi connectivity index (χ4v) is 1.71. The molecule has 3 N–H and O–H groups in total. The van der Waals surface area contributed by atoms with E-state index in [-0.39, 0.29) is 18.4 Å². The third kappa shape index (κ3) is 3.67. The fraction of sp³-hybridized carbons (Fsp3) is 0.818. The molecule has 0 aromatic heterocycles. The normalized spacial score (nSPS) is 22.1. The second-order valence-electron chi connectivity index (χ2n) is 4.20. The molecule has 0 radical (unpaired) electrons. The van der Waals surface area contributed by atoms with Gasteiger partial charge in [0.05, 0.1) is 19.3 Å². The highest BCUT2D eigenvalue weighted by molar-refractivity contribution is 5.89. The van der Waals surface area contributed by atoms with Crippen LogP contribution in [0.5, 0.6) is 0 Å². The van der Waals surface area contributed by atoms with Crippen LogP contribution in [-0.4, -0.2) is 55.1 Å². The van der Waals surface area contributed by atoms with Gasteiger partial charge in [0.15, 0.2) is 0 Å². The van der Waals surface area contributed by atoms with Crippen molar-refractivity contribution in [2.45, 2.75) is 32.4 Å². The average Bonchev–Trinajstić information content (AvgIpc) is 2.34. The summed E-state index contributed by atoms with van der Waals surface area (Å²) in [5.41, 5.74) is 5.57. The van der Waals surface area contributed by atoms with Crippen molar-refractivity contribution in [2.75, 3.05) is 26.3 Å². The van der Waals surface area contributed by atoms with Gasteiger partial charge in [0.1, 0.15) is 6.04 Å². The average molecular weight is 243 g/mol. The maximum Gasteiger partial charge on any atom is 0.245 e. The van der Waals surface area contributed by atoms with Crippen LogP contribution in [0.2, 0.25) is 0 Å². The summed E-state index contributed by atoms with van der Waals surface area (Å²) in [7, 11) is 0. The SMILES string of the molecule is CCCNC(=O)C1COCCN1C(=O)C(C)N. The summed E-state index contributed by atoms with van der Waals surface area (Å²) in [6.45, 7) is 5.32. The minimum atomic E-state index is -0.588. The Hall–Kier alpha value is -1.14. The highest BCUT2D eigenvalue weighted by Gasteiger charge is 2.33. The Kier molecular flexibility index (Phi) is 5.37. The molecule has 1 aliphatic rings. The number of nitrogens with two attached hydrogens (primary N) is 1. The summed E-state index contributed by atoms with van der Waals surface area (Å²) in [5, 5.41) is 2.77. The van der Waals surface area contributed by atoms with Gasteiger partial charge in [-0.15, -0.1) is 0 Å². The molecule has 1 heterocycles. The Morgan fingerprint density at radius 2 is 2.29 bits per heavy atom. The van der Waals surface area contributed by atoms with Gasteiger partial charge in [0.2, 0.25) is 11.8 Å². The van der Waals surface area contributed by atoms with Gasteiger partial charge >= 0.3 is 0 Å². The first-order valence-electron chi connectivity index (χ1n) is 5.99. The molecule has 1 rings (SSSR count). The Labute approximate surface area is 101 Å². The van der Waals surface area contributed by atoms with Gasteiger partial charge < -0.3 is 20.7 Å². The summed E-state index contributed by atoms with van der Waals surface area (Å²) in [6.07, 6.45) is 0.862. The van der Waals surface area contributed by atoms with Crippen molar-refractivity contribution in [2.24, 2.45) is 5.73 Å². The standard InChI is InChI=1S/C11H21N3O3/c1-3-4-13-10(15)9-7-17-6-5-14(9)11(16)8(2)12/h8-9H,3-7,12H2,1-2H3,(H,13,15). The van der Waals surface area contributed by atoms with E-state index in [9.17, 15) is 9.59 Å². The Morgan fingerprint density at radius 1 is 1.59 bits per heavy atom. The van der Waals surface area contributed by atoms with E-state index in [2.05, 4.69) is 5.32 Å². The summed E-state index contributed by atoms with van der Waals surface area (Å²) in [4.78, 5) is 25.2. The van der Waals surface area contributed by atoms with Crippen molar-refractivity contribution < 1.29 is 14.3 Å². The van der Waals surface area contributed by atoms with Crippen LogP contribution in [-0.2, 0) is 14.3 Å². The largest absolute Gasteiger partial charge is 0.377 e. The zero-order valence-electron chi connectivity index (χ0n) is 10.4. The Balaban J connectivity index is 2.65. The van der Waals surface area contributed by atoms with Gasteiger partial charge in [0.25, 0.3) is 0 Å². The molecule has 0 aromatic rings. The zero-order valence-corrected chi connectivity index (χ0v) is 10.4. The van der Waals surface area contributed by atoms with E-state index < -0.39 is 12.1 Å². The van der Waals surface area contributed by atoms with Gasteiger partial charge in [0, 0.05) is 13.1 Å². The minimum absolute atomic E-state index is 0.166. The second-order valence-corrected chi connectivity index (χ2v) is 4.20. The molecule has 1 saturated heterocycles. The molecule has 0 aliphatic carbocycles. The third-order valence-corrected chi connectivity index (χ3v) is 2.65. The maximum atomic E-state index is 11.9. The van der Waals surface area contributed by atoms with E-state index in [1.165, 1.54) is 4.90 Å². The molecule has 2 atom stereocenters. The number of rotatable bonds is 4. The molecule has 0 saturated carbocycles. The summed E-state index contributed by atoms with van der Waals surface area (Å²) < 4.78 is 5.25. The number of carbonyl (C=O) groups excluding carboxylic acids is 2. The summed E-state index contributed by atoms with van der Waals surface area (Å²) in [6, 6.07) is -1.14. The molecular formula is C11H21N3O3. The van der Waals surface area contributed by atoms with E-state index in [4.69, 9.17) is 10.5 Å². The number of nitrogens with zero attached hydrogens (tertiary/aromatic N) is 1. The predicted molar refractivity (Wildman–Crippen MR) is 63.3 cm³/mol. The number of amides is 2. The van der Waals surface area contributed by atoms with Crippen LogP contribution in [0, 0.1) is 0 Å². The van der Waals surface area contributed by atoms with Crippen LogP contribution < -0.4 is 11.1 Å². The predicted octanol–water partition coefficient (Wildman–Crippen LogP) is -0.913. The molecule has 1 aliphatic heterocycles. The fourth-order valence-electron chi connectivity index (χ4n) is 1.71. The molecule has 2 amide bonds. The summed E-state index contributed by atoms with van der Waals surface area (Å²) in [5.74, 6) is -0.370. The molecule has 2 unspecified atom stereocenters. The van der Waals surface area contributed by atoms with Crippen molar-refractivity contribution in [1.82, 2.24) is 10.2 Å². The topological polar surface area (TPSA) is 84.7 Å². The molecule has 6 nitrogen and oxygen atoms in total. The summed E-state index contributed by atoms with van der Waals surface area (Å²) >= 11 is 0. The number of hydrogen-bond acceptors (Lipinski definition) is 4. The van der Waals surface area contributed by atoms with E-state index >= 15 is 0 Å². The van der Waals surface area contributed by atoms with Crippen molar-refractivity contribution in [1.29, 1.82) is 0 Å². The lowest BCUT2D eigenvalue weighted by atomic mass is 10.1. The molecule has 0 aromatic carbocycles. The lowest BCUT2D eigenvalue weighted by Gasteiger charge is -2.35. The number of ether oxygens (including phenoxy) is 1. The minimum Gasteiger partial charge on any atom is -0.377 e. The lowest BCUT2D eigenvalue weighted by molar-refractivity contribution is -0.149. The van der Waals surface area contributed by atoms with Crippen LogP contribution in [0.15, 0.2) is 0 Å². The number of morpholine rings is 1. The van der Waals surface area contributed by atoms with Crippen LogP contribution in [0.4, 0.5) is 0 Å². The molecule has 17 heavy (non-hydrogen) atoms. The van der Waals surface area contributed by atoms with Gasteiger partial charge in [-0.3, -0.25) is 9.59 Å². The van der Waals surface area contributed by atoms with Crippen molar-refractivity contribution >= 4 is 11.8 Å². The van der Waals surface area contributed by atoms with Gasteiger partial charge in [-0.1, -0.05) is 6.92 Å². The van der Waals surface area contributed by atoms with Crippen molar-refractivity contribution in [3.63, 3.8) is 0 Å². The first-order valence-corrected chi connectivity index (χ1v) is 5.99. The molecule has 0 spiro atoms. The van der Waals surface area contributed by atoms with E-state index in [0.29, 0.717) is 19.7 Å². The second kappa shape index (κ2) is 6.56. The number of carbonyl (C=O) groups is 2. The van der Waals surface area contributed by atoms with Gasteiger partial charge in [-0.2, -0.15) is 0 Å². The van der Waals surface area contributed by atoms with Crippen molar-refractivity contribution in [3.05, 3.63) is 0 Å². The van der Waals surface area contributed by atoms with E-state index in [1.807, 2.05) is 6.92 Å². The molecule has 0 bridgehead atoms. The molecule has 98 valence electrons. The molecule has 1 fully saturated rings. The van der Waals surface area contributed by atoms with E-state index in [1.54, 1.807) is 6.92 Å². The van der Waals surface area contributed by atoms with Gasteiger partial charge in [-0.05, 0) is 13.3 Å². The smallest absolute Gasteiger partial charge is 0.245 e. The van der Waals surface area contributed by atoms with Crippen LogP contribution in [0.25, 0.3) is 0 Å². The highest BCUT2D eigenvalue weighted by atomic mass is 16.5. The Bertz CT molecular complexity index is 281. The lowest BCUT2D eigenvalue weighted by Crippen LogP contribution is -2.58. The van der Waals surface area contributed by atoms with Gasteiger partial charge in [-0.25, -0.2) is 0 Å². The zero-order chi connectivity index (χ0) is 12.8. The third-order valence-electron chi connectivity index (χ3n) is 2.65. The maximum absolute atomic E-state index is 11.9. The molecular weight excluding hydrogens is 222 g/mol. The highest BCUT2D eigenvalue weighted by Crippen LogP contribution is 2.08. The van der Waals surface area contributed by atoms with Crippen LogP contribution in [0.1, 0.15) is 20.3 Å². The van der Waals surface area contributed by atoms with Crippen LogP contribution in [0.3, 0.4) is 0 Å². The van der Waals surface area contributed by atoms with Crippen LogP contribution >= 0.6 is 0 Å². The van der Waals surface area contributed by atoms with Crippen molar-refractivity contribution in [3.8, 4) is 0 Å². The Morgan fingerprint density at radius 3 is 2.88 bits per heavy atom. The first-order chi connectivity index (χ1) is 8.07. The number of hydrogen-bond donors (Lipinski definition) is 2. The molecule has 6 heteroatoms. The van der Waals surface area contributed by atoms with E-state index in [0.717, 1.165) is 6.42 Å².